The van der Waals surface area contributed by atoms with Crippen LogP contribution in [0.15, 0.2) is 54.6 Å². The number of rotatable bonds is 5. The van der Waals surface area contributed by atoms with E-state index >= 15 is 0 Å². The van der Waals surface area contributed by atoms with Crippen molar-refractivity contribution < 1.29 is 5.11 Å². The van der Waals surface area contributed by atoms with E-state index in [-0.39, 0.29) is 11.8 Å². The zero-order valence-electron chi connectivity index (χ0n) is 11.8. The molecule has 5 nitrogen and oxygen atoms in total. The van der Waals surface area contributed by atoms with E-state index in [0.29, 0.717) is 6.42 Å². The Labute approximate surface area is 132 Å². The van der Waals surface area contributed by atoms with Crippen LogP contribution in [0.4, 0.5) is 10.8 Å². The first-order chi connectivity index (χ1) is 10.7. The lowest BCUT2D eigenvalue weighted by molar-refractivity contribution is 0.475. The largest absolute Gasteiger partial charge is 0.508 e. The molecule has 0 aliphatic heterocycles. The standard InChI is InChI=1S/C16H16N4OS/c17-14(10-11-6-8-13(21)9-7-11)15-19-20-16(22-15)18-12-4-2-1-3-5-12/h1-9,14,21H,10,17H2,(H,18,20). The summed E-state index contributed by atoms with van der Waals surface area (Å²) in [5, 5.41) is 22.3. The van der Waals surface area contributed by atoms with Gasteiger partial charge in [-0.3, -0.25) is 0 Å². The summed E-state index contributed by atoms with van der Waals surface area (Å²) in [6.07, 6.45) is 0.653. The van der Waals surface area contributed by atoms with E-state index in [1.165, 1.54) is 11.3 Å². The fourth-order valence-electron chi connectivity index (χ4n) is 2.05. The van der Waals surface area contributed by atoms with Gasteiger partial charge in [-0.1, -0.05) is 41.7 Å². The van der Waals surface area contributed by atoms with Crippen LogP contribution < -0.4 is 11.1 Å². The molecule has 3 rings (SSSR count). The summed E-state index contributed by atoms with van der Waals surface area (Å²) < 4.78 is 0. The van der Waals surface area contributed by atoms with Crippen LogP contribution in [0.3, 0.4) is 0 Å². The third kappa shape index (κ3) is 3.60. The van der Waals surface area contributed by atoms with Crippen molar-refractivity contribution in [2.45, 2.75) is 12.5 Å². The molecule has 1 aromatic heterocycles. The smallest absolute Gasteiger partial charge is 0.210 e. The number of hydrogen-bond acceptors (Lipinski definition) is 6. The first-order valence-corrected chi connectivity index (χ1v) is 7.71. The van der Waals surface area contributed by atoms with Gasteiger partial charge in [0, 0.05) is 5.69 Å². The van der Waals surface area contributed by atoms with Crippen LogP contribution in [0.1, 0.15) is 16.6 Å². The number of phenols is 1. The maximum Gasteiger partial charge on any atom is 0.210 e. The van der Waals surface area contributed by atoms with E-state index in [1.54, 1.807) is 12.1 Å². The first kappa shape index (κ1) is 14.5. The second-order valence-electron chi connectivity index (χ2n) is 4.91. The predicted octanol–water partition coefficient (Wildman–Crippen LogP) is 3.23. The second kappa shape index (κ2) is 6.55. The maximum absolute atomic E-state index is 9.29. The lowest BCUT2D eigenvalue weighted by Crippen LogP contribution is -2.13. The minimum Gasteiger partial charge on any atom is -0.508 e. The molecule has 0 bridgehead atoms. The quantitative estimate of drug-likeness (QED) is 0.673. The van der Waals surface area contributed by atoms with Gasteiger partial charge in [0.15, 0.2) is 0 Å². The van der Waals surface area contributed by atoms with Crippen LogP contribution in [-0.2, 0) is 6.42 Å². The van der Waals surface area contributed by atoms with Gasteiger partial charge >= 0.3 is 0 Å². The minimum absolute atomic E-state index is 0.214. The van der Waals surface area contributed by atoms with Crippen LogP contribution in [-0.4, -0.2) is 15.3 Å². The van der Waals surface area contributed by atoms with Crippen LogP contribution in [0, 0.1) is 0 Å². The highest BCUT2D eigenvalue weighted by atomic mass is 32.1. The second-order valence-corrected chi connectivity index (χ2v) is 5.92. The van der Waals surface area contributed by atoms with E-state index < -0.39 is 0 Å². The molecule has 4 N–H and O–H groups in total. The zero-order chi connectivity index (χ0) is 15.4. The molecular weight excluding hydrogens is 296 g/mol. The fourth-order valence-corrected chi connectivity index (χ4v) is 2.82. The summed E-state index contributed by atoms with van der Waals surface area (Å²) in [5.41, 5.74) is 8.21. The van der Waals surface area contributed by atoms with Crippen LogP contribution in [0.5, 0.6) is 5.75 Å². The SMILES string of the molecule is NC(Cc1ccc(O)cc1)c1nnc(Nc2ccccc2)s1. The Balaban J connectivity index is 1.66. The molecule has 6 heteroatoms. The summed E-state index contributed by atoms with van der Waals surface area (Å²) in [4.78, 5) is 0. The number of phenolic OH excluding ortho intramolecular Hbond substituents is 1. The van der Waals surface area contributed by atoms with Gasteiger partial charge in [0.25, 0.3) is 0 Å². The van der Waals surface area contributed by atoms with Gasteiger partial charge < -0.3 is 16.2 Å². The molecule has 1 heterocycles. The molecule has 0 radical (unpaired) electrons. The number of hydrogen-bond donors (Lipinski definition) is 3. The van der Waals surface area contributed by atoms with E-state index in [4.69, 9.17) is 5.73 Å². The van der Waals surface area contributed by atoms with Gasteiger partial charge in [-0.2, -0.15) is 0 Å². The fraction of sp³-hybridized carbons (Fsp3) is 0.125. The van der Waals surface area contributed by atoms with Gasteiger partial charge in [-0.05, 0) is 36.2 Å². The Bertz CT molecular complexity index is 727. The number of nitrogens with one attached hydrogen (secondary N) is 1. The van der Waals surface area contributed by atoms with Crippen molar-refractivity contribution >= 4 is 22.2 Å². The number of nitrogens with zero attached hydrogens (tertiary/aromatic N) is 2. The summed E-state index contributed by atoms with van der Waals surface area (Å²) in [7, 11) is 0. The Morgan fingerprint density at radius 1 is 1.05 bits per heavy atom. The first-order valence-electron chi connectivity index (χ1n) is 6.89. The third-order valence-electron chi connectivity index (χ3n) is 3.17. The van der Waals surface area contributed by atoms with E-state index in [9.17, 15) is 5.11 Å². The lowest BCUT2D eigenvalue weighted by atomic mass is 10.1. The average Bonchev–Trinajstić information content (AvgIpc) is 2.99. The van der Waals surface area contributed by atoms with Crippen molar-refractivity contribution in [3.63, 3.8) is 0 Å². The Hall–Kier alpha value is -2.44. The van der Waals surface area contributed by atoms with E-state index in [0.717, 1.165) is 21.4 Å². The number of anilines is 2. The number of para-hydroxylation sites is 1. The number of benzene rings is 2. The molecule has 0 saturated carbocycles. The summed E-state index contributed by atoms with van der Waals surface area (Å²) in [6, 6.07) is 16.6. The number of aromatic nitrogens is 2. The third-order valence-corrected chi connectivity index (χ3v) is 4.15. The Morgan fingerprint density at radius 3 is 2.50 bits per heavy atom. The molecule has 0 spiro atoms. The number of aromatic hydroxyl groups is 1. The van der Waals surface area contributed by atoms with Crippen molar-refractivity contribution in [1.29, 1.82) is 0 Å². The molecule has 2 aromatic carbocycles. The highest BCUT2D eigenvalue weighted by Gasteiger charge is 2.13. The highest BCUT2D eigenvalue weighted by molar-refractivity contribution is 7.15. The van der Waals surface area contributed by atoms with Crippen molar-refractivity contribution in [3.05, 3.63) is 65.2 Å². The van der Waals surface area contributed by atoms with Crippen LogP contribution in [0.25, 0.3) is 0 Å². The molecule has 0 aliphatic rings. The van der Waals surface area contributed by atoms with Crippen molar-refractivity contribution in [2.24, 2.45) is 5.73 Å². The van der Waals surface area contributed by atoms with E-state index in [1.807, 2.05) is 42.5 Å². The van der Waals surface area contributed by atoms with Gasteiger partial charge in [-0.25, -0.2) is 0 Å². The minimum atomic E-state index is -0.214. The average molecular weight is 312 g/mol. The van der Waals surface area contributed by atoms with Gasteiger partial charge in [-0.15, -0.1) is 10.2 Å². The molecule has 0 fully saturated rings. The number of nitrogens with two attached hydrogens (primary N) is 1. The normalized spacial score (nSPS) is 12.0. The monoisotopic (exact) mass is 312 g/mol. The van der Waals surface area contributed by atoms with Crippen molar-refractivity contribution in [2.75, 3.05) is 5.32 Å². The zero-order valence-corrected chi connectivity index (χ0v) is 12.6. The van der Waals surface area contributed by atoms with Gasteiger partial charge in [0.05, 0.1) is 6.04 Å². The van der Waals surface area contributed by atoms with Crippen molar-refractivity contribution in [3.8, 4) is 5.75 Å². The summed E-state index contributed by atoms with van der Waals surface area (Å²) >= 11 is 1.45. The molecule has 0 saturated heterocycles. The Kier molecular flexibility index (Phi) is 4.32. The molecule has 0 aliphatic carbocycles. The topological polar surface area (TPSA) is 84.1 Å². The van der Waals surface area contributed by atoms with Crippen LogP contribution >= 0.6 is 11.3 Å². The van der Waals surface area contributed by atoms with Gasteiger partial charge in [0.2, 0.25) is 5.13 Å². The molecular formula is C16H16N4OS. The molecule has 112 valence electrons. The predicted molar refractivity (Wildman–Crippen MR) is 88.4 cm³/mol. The summed E-state index contributed by atoms with van der Waals surface area (Å²) in [5.74, 6) is 0.252. The van der Waals surface area contributed by atoms with Crippen LogP contribution in [0.2, 0.25) is 0 Å². The molecule has 22 heavy (non-hydrogen) atoms. The summed E-state index contributed by atoms with van der Waals surface area (Å²) in [6.45, 7) is 0. The maximum atomic E-state index is 9.29. The van der Waals surface area contributed by atoms with Gasteiger partial charge in [0.1, 0.15) is 10.8 Å². The van der Waals surface area contributed by atoms with E-state index in [2.05, 4.69) is 15.5 Å². The molecule has 3 aromatic rings. The van der Waals surface area contributed by atoms with Crippen molar-refractivity contribution in [1.82, 2.24) is 10.2 Å². The highest BCUT2D eigenvalue weighted by Crippen LogP contribution is 2.25. The molecule has 0 amide bonds. The lowest BCUT2D eigenvalue weighted by Gasteiger charge is -2.07. The Morgan fingerprint density at radius 2 is 1.77 bits per heavy atom. The molecule has 1 atom stereocenters. The molecule has 1 unspecified atom stereocenters.